The van der Waals surface area contributed by atoms with E-state index < -0.39 is 11.9 Å². The van der Waals surface area contributed by atoms with E-state index in [-0.39, 0.29) is 11.6 Å². The fraction of sp³-hybridized carbons (Fsp3) is 0.150. The third-order valence-corrected chi connectivity index (χ3v) is 4.96. The van der Waals surface area contributed by atoms with Gasteiger partial charge in [-0.2, -0.15) is 0 Å². The molecule has 5 heteroatoms. The molecule has 3 heterocycles. The summed E-state index contributed by atoms with van der Waals surface area (Å²) < 4.78 is 21.4. The Bertz CT molecular complexity index is 1080. The van der Waals surface area contributed by atoms with Crippen molar-refractivity contribution in [2.45, 2.75) is 18.6 Å². The molecule has 1 N–H and O–H groups in total. The topological polar surface area (TPSA) is 51.2 Å². The van der Waals surface area contributed by atoms with E-state index in [1.807, 2.05) is 18.3 Å². The zero-order valence-electron chi connectivity index (χ0n) is 13.3. The molecule has 0 amide bonds. The number of furan rings is 1. The average molecular weight is 334 g/mol. The first-order chi connectivity index (χ1) is 12.2. The lowest BCUT2D eigenvalue weighted by Gasteiger charge is -2.19. The number of nitrogens with zero attached hydrogens (tertiary/aromatic N) is 2. The van der Waals surface area contributed by atoms with Gasteiger partial charge in [-0.1, -0.05) is 24.3 Å². The van der Waals surface area contributed by atoms with Crippen LogP contribution in [0.2, 0.25) is 0 Å². The molecular formula is C20H15FN2O2. The van der Waals surface area contributed by atoms with Crippen LogP contribution in [0.25, 0.3) is 22.2 Å². The van der Waals surface area contributed by atoms with Gasteiger partial charge in [0.25, 0.3) is 0 Å². The van der Waals surface area contributed by atoms with Crippen molar-refractivity contribution in [3.05, 3.63) is 78.2 Å². The van der Waals surface area contributed by atoms with E-state index >= 15 is 0 Å². The van der Waals surface area contributed by atoms with Gasteiger partial charge in [0, 0.05) is 17.4 Å². The second-order valence-corrected chi connectivity index (χ2v) is 6.38. The molecule has 1 aliphatic heterocycles. The number of hydrogen-bond donors (Lipinski definition) is 1. The van der Waals surface area contributed by atoms with Crippen LogP contribution in [0.15, 0.2) is 65.7 Å². The number of aromatic nitrogens is 2. The number of aliphatic hydroxyl groups is 1. The molecule has 25 heavy (non-hydrogen) atoms. The Morgan fingerprint density at radius 1 is 1.24 bits per heavy atom. The smallest absolute Gasteiger partial charge is 0.169 e. The molecule has 0 bridgehead atoms. The number of aliphatic hydroxyl groups excluding tert-OH is 1. The van der Waals surface area contributed by atoms with Crippen molar-refractivity contribution in [3.8, 4) is 11.3 Å². The van der Waals surface area contributed by atoms with Gasteiger partial charge in [-0.25, -0.2) is 9.37 Å². The van der Waals surface area contributed by atoms with E-state index in [0.29, 0.717) is 17.4 Å². The van der Waals surface area contributed by atoms with E-state index in [1.54, 1.807) is 18.5 Å². The van der Waals surface area contributed by atoms with Crippen molar-refractivity contribution < 1.29 is 13.9 Å². The maximum atomic E-state index is 14.2. The van der Waals surface area contributed by atoms with Gasteiger partial charge in [0.15, 0.2) is 11.4 Å². The Hall–Kier alpha value is -2.92. The van der Waals surface area contributed by atoms with Crippen LogP contribution < -0.4 is 0 Å². The van der Waals surface area contributed by atoms with Crippen LogP contribution in [0.5, 0.6) is 0 Å². The molecule has 2 unspecified atom stereocenters. The predicted octanol–water partition coefficient (Wildman–Crippen LogP) is 4.46. The molecule has 2 atom stereocenters. The van der Waals surface area contributed by atoms with Crippen molar-refractivity contribution in [1.29, 1.82) is 0 Å². The summed E-state index contributed by atoms with van der Waals surface area (Å²) >= 11 is 0. The van der Waals surface area contributed by atoms with Gasteiger partial charge >= 0.3 is 0 Å². The highest BCUT2D eigenvalue weighted by atomic mass is 19.1. The molecule has 0 radical (unpaired) electrons. The Labute approximate surface area is 143 Å². The van der Waals surface area contributed by atoms with Gasteiger partial charge in [0.1, 0.15) is 0 Å². The number of halogens is 1. The molecule has 1 aliphatic rings. The monoisotopic (exact) mass is 334 g/mol. The van der Waals surface area contributed by atoms with Crippen molar-refractivity contribution in [2.24, 2.45) is 0 Å². The maximum Gasteiger partial charge on any atom is 0.169 e. The highest BCUT2D eigenvalue weighted by Crippen LogP contribution is 2.43. The van der Waals surface area contributed by atoms with E-state index in [2.05, 4.69) is 21.7 Å². The quantitative estimate of drug-likeness (QED) is 0.602. The predicted molar refractivity (Wildman–Crippen MR) is 91.6 cm³/mol. The summed E-state index contributed by atoms with van der Waals surface area (Å²) in [5.41, 5.74) is 4.11. The SMILES string of the molecule is OC(CC1c2ccccc2-c2cncn21)c1cc(F)c2occc2c1. The largest absolute Gasteiger partial charge is 0.461 e. The summed E-state index contributed by atoms with van der Waals surface area (Å²) in [5.74, 6) is -0.452. The zero-order chi connectivity index (χ0) is 17.0. The number of hydrogen-bond acceptors (Lipinski definition) is 3. The molecule has 0 spiro atoms. The van der Waals surface area contributed by atoms with Crippen LogP contribution in [0.4, 0.5) is 4.39 Å². The van der Waals surface area contributed by atoms with Crippen LogP contribution in [-0.2, 0) is 0 Å². The number of imidazole rings is 1. The Kier molecular flexibility index (Phi) is 3.05. The Morgan fingerprint density at radius 2 is 2.12 bits per heavy atom. The minimum atomic E-state index is -0.791. The van der Waals surface area contributed by atoms with Crippen molar-refractivity contribution in [3.63, 3.8) is 0 Å². The normalized spacial score (nSPS) is 16.8. The van der Waals surface area contributed by atoms with Crippen molar-refractivity contribution in [1.82, 2.24) is 9.55 Å². The molecule has 0 saturated heterocycles. The van der Waals surface area contributed by atoms with Crippen molar-refractivity contribution >= 4 is 11.0 Å². The molecular weight excluding hydrogens is 319 g/mol. The van der Waals surface area contributed by atoms with Gasteiger partial charge in [-0.15, -0.1) is 0 Å². The van der Waals surface area contributed by atoms with E-state index in [1.165, 1.54) is 12.3 Å². The second kappa shape index (κ2) is 5.29. The van der Waals surface area contributed by atoms with Gasteiger partial charge in [0.2, 0.25) is 0 Å². The van der Waals surface area contributed by atoms with E-state index in [9.17, 15) is 9.50 Å². The fourth-order valence-electron chi connectivity index (χ4n) is 3.77. The van der Waals surface area contributed by atoms with Gasteiger partial charge in [-0.3, -0.25) is 0 Å². The highest BCUT2D eigenvalue weighted by Gasteiger charge is 2.30. The highest BCUT2D eigenvalue weighted by molar-refractivity contribution is 5.78. The Balaban J connectivity index is 1.52. The average Bonchev–Trinajstić information content (AvgIpc) is 3.32. The minimum absolute atomic E-state index is 0.0215. The summed E-state index contributed by atoms with van der Waals surface area (Å²) in [5, 5.41) is 11.4. The van der Waals surface area contributed by atoms with Gasteiger partial charge in [0.05, 0.1) is 36.6 Å². The molecule has 4 aromatic rings. The lowest BCUT2D eigenvalue weighted by molar-refractivity contribution is 0.153. The molecule has 2 aromatic heterocycles. The summed E-state index contributed by atoms with van der Waals surface area (Å²) in [7, 11) is 0. The molecule has 0 fully saturated rings. The summed E-state index contributed by atoms with van der Waals surface area (Å²) in [6.07, 6.45) is 4.73. The fourth-order valence-corrected chi connectivity index (χ4v) is 3.77. The Morgan fingerprint density at radius 3 is 3.04 bits per heavy atom. The van der Waals surface area contributed by atoms with E-state index in [4.69, 9.17) is 4.42 Å². The molecule has 0 aliphatic carbocycles. The first-order valence-electron chi connectivity index (χ1n) is 8.18. The number of rotatable bonds is 3. The summed E-state index contributed by atoms with van der Waals surface area (Å²) in [6, 6.07) is 12.9. The number of fused-ring (bicyclic) bond motifs is 4. The molecule has 5 rings (SSSR count). The number of benzene rings is 2. The molecule has 2 aromatic carbocycles. The molecule has 0 saturated carbocycles. The van der Waals surface area contributed by atoms with Crippen LogP contribution in [-0.4, -0.2) is 14.7 Å². The van der Waals surface area contributed by atoms with Gasteiger partial charge in [-0.05, 0) is 29.3 Å². The first kappa shape index (κ1) is 14.4. The molecule has 124 valence electrons. The van der Waals surface area contributed by atoms with E-state index in [0.717, 1.165) is 16.8 Å². The lowest BCUT2D eigenvalue weighted by atomic mass is 9.95. The van der Waals surface area contributed by atoms with Crippen LogP contribution >= 0.6 is 0 Å². The van der Waals surface area contributed by atoms with Crippen molar-refractivity contribution in [2.75, 3.05) is 0 Å². The van der Waals surface area contributed by atoms with Crippen LogP contribution in [0.3, 0.4) is 0 Å². The zero-order valence-corrected chi connectivity index (χ0v) is 13.3. The third kappa shape index (κ3) is 2.13. The van der Waals surface area contributed by atoms with Crippen LogP contribution in [0, 0.1) is 5.82 Å². The minimum Gasteiger partial charge on any atom is -0.461 e. The summed E-state index contributed by atoms with van der Waals surface area (Å²) in [6.45, 7) is 0. The van der Waals surface area contributed by atoms with Gasteiger partial charge < -0.3 is 14.1 Å². The lowest BCUT2D eigenvalue weighted by Crippen LogP contribution is -2.10. The van der Waals surface area contributed by atoms with Crippen LogP contribution in [0.1, 0.15) is 29.7 Å². The first-order valence-corrected chi connectivity index (χ1v) is 8.18. The second-order valence-electron chi connectivity index (χ2n) is 6.38. The third-order valence-electron chi connectivity index (χ3n) is 4.96. The maximum absolute atomic E-state index is 14.2. The summed E-state index contributed by atoms with van der Waals surface area (Å²) in [4.78, 5) is 4.23. The molecule has 4 nitrogen and oxygen atoms in total. The standard InChI is InChI=1S/C20H15FN2O2/c21-16-8-13(7-12-5-6-25-20(12)16)19(24)9-17-14-3-1-2-4-15(14)18-10-22-11-23(17)18/h1-8,10-11,17,19,24H,9H2.